The molecule has 0 bridgehead atoms. The molecule has 7 aromatic rings. The summed E-state index contributed by atoms with van der Waals surface area (Å²) in [6.07, 6.45) is 3.85. The van der Waals surface area contributed by atoms with Gasteiger partial charge in [0.1, 0.15) is 5.58 Å². The van der Waals surface area contributed by atoms with Crippen LogP contribution in [0.2, 0.25) is 19.6 Å². The van der Waals surface area contributed by atoms with E-state index in [0.717, 1.165) is 50.0 Å². The van der Waals surface area contributed by atoms with Gasteiger partial charge in [-0.1, -0.05) is 104 Å². The monoisotopic (exact) mass is 767 g/mol. The van der Waals surface area contributed by atoms with Crippen molar-refractivity contribution in [2.24, 2.45) is 0 Å². The first-order valence-corrected chi connectivity index (χ1v) is 18.1. The molecule has 0 saturated heterocycles. The molecule has 5 heteroatoms. The minimum absolute atomic E-state index is 0. The van der Waals surface area contributed by atoms with Crippen LogP contribution in [0.5, 0.6) is 0 Å². The van der Waals surface area contributed by atoms with Crippen molar-refractivity contribution in [1.29, 1.82) is 0 Å². The van der Waals surface area contributed by atoms with Gasteiger partial charge in [0.05, 0.1) is 13.7 Å². The number of fused-ring (bicyclic) bond motifs is 3. The van der Waals surface area contributed by atoms with Crippen molar-refractivity contribution in [3.63, 3.8) is 0 Å². The Bertz CT molecular complexity index is 2010. The van der Waals surface area contributed by atoms with Gasteiger partial charge in [-0.2, -0.15) is 0 Å². The van der Waals surface area contributed by atoms with Gasteiger partial charge in [0, 0.05) is 37.9 Å². The standard InChI is InChI=1S/C23H14NO.C16H20NSi.Ir/c1-2-7-16(8-3-1)17-12-13-18-19-9-6-10-20(21-11-4-5-14-24-21)23(19)25-22(18)15-17;1-12-6-8-14(9-7-12)15-10-13(2)16(11-17-15)18(3,4)5;/h1-9,11-15H;6-8,10-11H,1-5H3;/q2*-1;. The Kier molecular flexibility index (Phi) is 9.41. The number of furan rings is 1. The predicted octanol–water partition coefficient (Wildman–Crippen LogP) is 9.82. The summed E-state index contributed by atoms with van der Waals surface area (Å²) in [5, 5.41) is 3.65. The van der Waals surface area contributed by atoms with Gasteiger partial charge in [0.25, 0.3) is 0 Å². The van der Waals surface area contributed by atoms with Crippen LogP contribution < -0.4 is 5.19 Å². The molecular formula is C39H34IrN2OSi-2. The number of hydrogen-bond acceptors (Lipinski definition) is 3. The maximum atomic E-state index is 6.23. The second-order valence-electron chi connectivity index (χ2n) is 11.9. The van der Waals surface area contributed by atoms with E-state index < -0.39 is 8.07 Å². The van der Waals surface area contributed by atoms with Gasteiger partial charge in [-0.25, -0.2) is 0 Å². The van der Waals surface area contributed by atoms with Crippen LogP contribution in [0.15, 0.2) is 120 Å². The molecule has 0 fully saturated rings. The number of rotatable bonds is 4. The molecule has 3 heterocycles. The van der Waals surface area contributed by atoms with Crippen molar-refractivity contribution >= 4 is 35.2 Å². The van der Waals surface area contributed by atoms with Gasteiger partial charge in [0.15, 0.2) is 0 Å². The number of pyridine rings is 2. The smallest absolute Gasteiger partial charge is 0.121 e. The summed E-state index contributed by atoms with van der Waals surface area (Å²) in [5.41, 5.74) is 10.5. The Morgan fingerprint density at radius 2 is 1.50 bits per heavy atom. The van der Waals surface area contributed by atoms with Gasteiger partial charge < -0.3 is 14.4 Å². The summed E-state index contributed by atoms with van der Waals surface area (Å²) in [7, 11) is -1.28. The van der Waals surface area contributed by atoms with E-state index in [-0.39, 0.29) is 20.1 Å². The Labute approximate surface area is 274 Å². The second kappa shape index (κ2) is 13.2. The quantitative estimate of drug-likeness (QED) is 0.132. The molecule has 4 aromatic carbocycles. The zero-order chi connectivity index (χ0) is 30.0. The fourth-order valence-corrected chi connectivity index (χ4v) is 7.11. The van der Waals surface area contributed by atoms with E-state index in [1.807, 2.05) is 48.5 Å². The van der Waals surface area contributed by atoms with E-state index in [9.17, 15) is 0 Å². The minimum Gasteiger partial charge on any atom is -0.501 e. The average Bonchev–Trinajstić information content (AvgIpc) is 3.40. The molecule has 0 spiro atoms. The zero-order valence-corrected chi connectivity index (χ0v) is 29.0. The van der Waals surface area contributed by atoms with Crippen molar-refractivity contribution < 1.29 is 24.5 Å². The van der Waals surface area contributed by atoms with Crippen LogP contribution in [-0.2, 0) is 20.1 Å². The van der Waals surface area contributed by atoms with Crippen molar-refractivity contribution in [3.05, 3.63) is 139 Å². The molecular weight excluding hydrogens is 733 g/mol. The summed E-state index contributed by atoms with van der Waals surface area (Å²) < 4.78 is 6.23. The van der Waals surface area contributed by atoms with Gasteiger partial charge in [-0.05, 0) is 46.8 Å². The largest absolute Gasteiger partial charge is 0.501 e. The molecule has 7 rings (SSSR count). The van der Waals surface area contributed by atoms with Crippen molar-refractivity contribution in [2.45, 2.75) is 33.5 Å². The third kappa shape index (κ3) is 6.66. The maximum absolute atomic E-state index is 6.23. The van der Waals surface area contributed by atoms with Crippen LogP contribution >= 0.6 is 0 Å². The summed E-state index contributed by atoms with van der Waals surface area (Å²) >= 11 is 0. The van der Waals surface area contributed by atoms with Crippen LogP contribution in [0.1, 0.15) is 11.1 Å². The van der Waals surface area contributed by atoms with E-state index in [4.69, 9.17) is 4.42 Å². The third-order valence-corrected chi connectivity index (χ3v) is 9.76. The molecule has 44 heavy (non-hydrogen) atoms. The first-order chi connectivity index (χ1) is 20.8. The molecule has 0 saturated carbocycles. The van der Waals surface area contributed by atoms with E-state index in [0.29, 0.717) is 0 Å². The third-order valence-electron chi connectivity index (χ3n) is 7.62. The van der Waals surface area contributed by atoms with Crippen molar-refractivity contribution in [2.75, 3.05) is 0 Å². The SMILES string of the molecule is Cc1c[c-]c(-c2cc(C)c([Si](C)(C)C)cn2)cc1.[Ir].[c-]1ccc2c(oc3cc(-c4ccccc4)ccc32)c1-c1ccccn1. The van der Waals surface area contributed by atoms with E-state index in [2.05, 4.69) is 116 Å². The van der Waals surface area contributed by atoms with Crippen LogP contribution in [0.4, 0.5) is 0 Å². The molecule has 3 aromatic heterocycles. The Hall–Kier alpha value is -4.15. The minimum atomic E-state index is -1.28. The average molecular weight is 767 g/mol. The van der Waals surface area contributed by atoms with Gasteiger partial charge in [0.2, 0.25) is 0 Å². The molecule has 3 nitrogen and oxygen atoms in total. The number of benzene rings is 4. The van der Waals surface area contributed by atoms with Gasteiger partial charge >= 0.3 is 0 Å². The number of nitrogens with zero attached hydrogens (tertiary/aromatic N) is 2. The first kappa shape index (κ1) is 31.3. The van der Waals surface area contributed by atoms with Gasteiger partial charge in [-0.15, -0.1) is 53.6 Å². The topological polar surface area (TPSA) is 38.9 Å². The summed E-state index contributed by atoms with van der Waals surface area (Å²) in [6.45, 7) is 11.3. The summed E-state index contributed by atoms with van der Waals surface area (Å²) in [6, 6.07) is 41.5. The van der Waals surface area contributed by atoms with Crippen molar-refractivity contribution in [3.8, 4) is 33.6 Å². The molecule has 0 aliphatic rings. The zero-order valence-electron chi connectivity index (χ0n) is 25.6. The Balaban J connectivity index is 0.000000181. The van der Waals surface area contributed by atoms with Crippen LogP contribution in [-0.4, -0.2) is 18.0 Å². The van der Waals surface area contributed by atoms with Crippen LogP contribution in [0.25, 0.3) is 55.6 Å². The fraction of sp³-hybridized carbons (Fsp3) is 0.128. The van der Waals surface area contributed by atoms with Crippen LogP contribution in [0.3, 0.4) is 0 Å². The summed E-state index contributed by atoms with van der Waals surface area (Å²) in [5.74, 6) is 0. The molecule has 0 atom stereocenters. The maximum Gasteiger partial charge on any atom is 0.121 e. The Morgan fingerprint density at radius 3 is 2.18 bits per heavy atom. The van der Waals surface area contributed by atoms with Gasteiger partial charge in [-0.3, -0.25) is 0 Å². The molecule has 0 unspecified atom stereocenters. The summed E-state index contributed by atoms with van der Waals surface area (Å²) in [4.78, 5) is 9.05. The molecule has 221 valence electrons. The second-order valence-corrected chi connectivity index (χ2v) is 16.9. The van der Waals surface area contributed by atoms with E-state index >= 15 is 0 Å². The number of hydrogen-bond donors (Lipinski definition) is 0. The van der Waals surface area contributed by atoms with Crippen LogP contribution in [0, 0.1) is 26.0 Å². The molecule has 0 amide bonds. The number of aryl methyl sites for hydroxylation is 2. The normalized spacial score (nSPS) is 11.1. The predicted molar refractivity (Wildman–Crippen MR) is 182 cm³/mol. The Morgan fingerprint density at radius 1 is 0.705 bits per heavy atom. The molecule has 0 aliphatic heterocycles. The van der Waals surface area contributed by atoms with E-state index in [1.54, 1.807) is 6.20 Å². The molecule has 1 radical (unpaired) electrons. The number of aromatic nitrogens is 2. The molecule has 0 aliphatic carbocycles. The molecule has 0 N–H and O–H groups in total. The van der Waals surface area contributed by atoms with E-state index in [1.165, 1.54) is 21.9 Å². The first-order valence-electron chi connectivity index (χ1n) is 14.6. The fourth-order valence-electron chi connectivity index (χ4n) is 5.40. The van der Waals surface area contributed by atoms with Crippen molar-refractivity contribution in [1.82, 2.24) is 9.97 Å².